The Hall–Kier alpha value is -1.90. The molecule has 1 unspecified atom stereocenters. The van der Waals surface area contributed by atoms with Gasteiger partial charge in [-0.1, -0.05) is 59.7 Å². The quantitative estimate of drug-likeness (QED) is 0.713. The molecule has 3 rings (SSSR count). The van der Waals surface area contributed by atoms with Crippen molar-refractivity contribution in [1.29, 1.82) is 0 Å². The first-order valence-electron chi connectivity index (χ1n) is 9.75. The molecule has 0 bridgehead atoms. The number of hydrogen-bond acceptors (Lipinski definition) is 2. The third-order valence-corrected chi connectivity index (χ3v) is 5.12. The summed E-state index contributed by atoms with van der Waals surface area (Å²) in [5.74, 6) is 0.761. The number of carbonyl (C=O) groups excluding carboxylic acids is 1. The lowest BCUT2D eigenvalue weighted by Crippen LogP contribution is -2.28. The van der Waals surface area contributed by atoms with Crippen molar-refractivity contribution in [3.05, 3.63) is 47.3 Å². The van der Waals surface area contributed by atoms with E-state index in [4.69, 9.17) is 5.10 Å². The highest BCUT2D eigenvalue weighted by Gasteiger charge is 2.37. The van der Waals surface area contributed by atoms with Crippen LogP contribution < -0.4 is 0 Å². The first-order valence-corrected chi connectivity index (χ1v) is 9.75. The van der Waals surface area contributed by atoms with Gasteiger partial charge in [0.2, 0.25) is 0 Å². The fourth-order valence-corrected chi connectivity index (χ4v) is 4.40. The van der Waals surface area contributed by atoms with E-state index in [0.717, 1.165) is 41.9 Å². The number of carbonyl (C=O) groups is 1. The Kier molecular flexibility index (Phi) is 4.85. The monoisotopic (exact) mass is 352 g/mol. The van der Waals surface area contributed by atoms with E-state index in [2.05, 4.69) is 53.7 Å². The van der Waals surface area contributed by atoms with Crippen LogP contribution in [0.2, 0.25) is 0 Å². The highest BCUT2D eigenvalue weighted by atomic mass is 16.1. The van der Waals surface area contributed by atoms with E-state index in [0.29, 0.717) is 12.3 Å². The predicted molar refractivity (Wildman–Crippen MR) is 107 cm³/mol. The van der Waals surface area contributed by atoms with E-state index < -0.39 is 0 Å². The van der Waals surface area contributed by atoms with Crippen LogP contribution in [-0.4, -0.2) is 15.6 Å². The molecule has 0 radical (unpaired) electrons. The standard InChI is InChI=1S/C23H32N2O/c1-16(13-22(2,3)4)12-18-21-19(14-23(5,6)15-20(21)26)25(24-18)17-10-8-7-9-11-17/h7-11,16H,12-15H2,1-6H3. The van der Waals surface area contributed by atoms with Crippen LogP contribution in [0.3, 0.4) is 0 Å². The van der Waals surface area contributed by atoms with E-state index in [-0.39, 0.29) is 16.6 Å². The van der Waals surface area contributed by atoms with Gasteiger partial charge in [0.25, 0.3) is 0 Å². The van der Waals surface area contributed by atoms with E-state index in [1.165, 1.54) is 0 Å². The first-order chi connectivity index (χ1) is 12.1. The number of hydrogen-bond donors (Lipinski definition) is 0. The van der Waals surface area contributed by atoms with Crippen molar-refractivity contribution in [2.75, 3.05) is 0 Å². The third kappa shape index (κ3) is 4.08. The van der Waals surface area contributed by atoms with Crippen molar-refractivity contribution in [1.82, 2.24) is 9.78 Å². The summed E-state index contributed by atoms with van der Waals surface area (Å²) in [6, 6.07) is 10.2. The lowest BCUT2D eigenvalue weighted by Gasteiger charge is -2.29. The number of fused-ring (bicyclic) bond motifs is 1. The van der Waals surface area contributed by atoms with Gasteiger partial charge >= 0.3 is 0 Å². The Morgan fingerprint density at radius 3 is 2.42 bits per heavy atom. The van der Waals surface area contributed by atoms with Crippen LogP contribution >= 0.6 is 0 Å². The minimum Gasteiger partial charge on any atom is -0.294 e. The Morgan fingerprint density at radius 2 is 1.81 bits per heavy atom. The van der Waals surface area contributed by atoms with Crippen LogP contribution in [0, 0.1) is 16.7 Å². The van der Waals surface area contributed by atoms with Crippen LogP contribution in [0.15, 0.2) is 30.3 Å². The van der Waals surface area contributed by atoms with Crippen molar-refractivity contribution in [3.8, 4) is 5.69 Å². The molecule has 0 aliphatic heterocycles. The Balaban J connectivity index is 2.04. The summed E-state index contributed by atoms with van der Waals surface area (Å²) in [5, 5.41) is 4.94. The van der Waals surface area contributed by atoms with Crippen molar-refractivity contribution >= 4 is 5.78 Å². The van der Waals surface area contributed by atoms with E-state index >= 15 is 0 Å². The van der Waals surface area contributed by atoms with Crippen LogP contribution in [0.5, 0.6) is 0 Å². The van der Waals surface area contributed by atoms with Gasteiger partial charge in [-0.05, 0) is 48.1 Å². The van der Waals surface area contributed by atoms with Gasteiger partial charge in [-0.3, -0.25) is 4.79 Å². The summed E-state index contributed by atoms with van der Waals surface area (Å²) in [7, 11) is 0. The number of rotatable bonds is 4. The second kappa shape index (κ2) is 6.68. The summed E-state index contributed by atoms with van der Waals surface area (Å²) in [4.78, 5) is 13.0. The zero-order valence-corrected chi connectivity index (χ0v) is 17.1. The largest absolute Gasteiger partial charge is 0.294 e. The number of aromatic nitrogens is 2. The average Bonchev–Trinajstić information content (AvgIpc) is 2.83. The molecule has 26 heavy (non-hydrogen) atoms. The molecule has 0 saturated carbocycles. The van der Waals surface area contributed by atoms with Gasteiger partial charge in [0, 0.05) is 6.42 Å². The zero-order valence-electron chi connectivity index (χ0n) is 17.1. The summed E-state index contributed by atoms with van der Waals surface area (Å²) in [6.45, 7) is 13.5. The first kappa shape index (κ1) is 18.9. The van der Waals surface area contributed by atoms with Crippen molar-refractivity contribution in [2.24, 2.45) is 16.7 Å². The topological polar surface area (TPSA) is 34.9 Å². The summed E-state index contributed by atoms with van der Waals surface area (Å²) >= 11 is 0. The molecule has 0 amide bonds. The number of nitrogens with zero attached hydrogens (tertiary/aromatic N) is 2. The molecule has 0 spiro atoms. The molecular weight excluding hydrogens is 320 g/mol. The molecule has 0 N–H and O–H groups in total. The summed E-state index contributed by atoms with van der Waals surface area (Å²) < 4.78 is 2.02. The van der Waals surface area contributed by atoms with Gasteiger partial charge in [-0.2, -0.15) is 5.10 Å². The number of benzene rings is 1. The molecule has 1 aromatic heterocycles. The number of Topliss-reactive ketones (excluding diaryl/α,β-unsaturated/α-hetero) is 1. The van der Waals surface area contributed by atoms with Crippen LogP contribution in [0.4, 0.5) is 0 Å². The van der Waals surface area contributed by atoms with Gasteiger partial charge in [-0.15, -0.1) is 0 Å². The fourth-order valence-electron chi connectivity index (χ4n) is 4.40. The Labute approximate surface area is 157 Å². The normalized spacial score (nSPS) is 17.8. The second-order valence-electron chi connectivity index (χ2n) is 10.0. The minimum absolute atomic E-state index is 0.00899. The maximum Gasteiger partial charge on any atom is 0.167 e. The van der Waals surface area contributed by atoms with Gasteiger partial charge in [0.1, 0.15) is 0 Å². The molecule has 0 saturated heterocycles. The molecule has 2 aromatic rings. The SMILES string of the molecule is CC(Cc1nn(-c2ccccc2)c2c1C(=O)CC(C)(C)C2)CC(C)(C)C. The lowest BCUT2D eigenvalue weighted by molar-refractivity contribution is 0.0909. The van der Waals surface area contributed by atoms with Crippen LogP contribution in [0.1, 0.15) is 76.1 Å². The van der Waals surface area contributed by atoms with E-state index in [9.17, 15) is 4.79 Å². The van der Waals surface area contributed by atoms with Crippen molar-refractivity contribution in [3.63, 3.8) is 0 Å². The van der Waals surface area contributed by atoms with Crippen molar-refractivity contribution in [2.45, 2.75) is 67.2 Å². The molecule has 1 heterocycles. The third-order valence-electron chi connectivity index (χ3n) is 5.12. The number of ketones is 1. The van der Waals surface area contributed by atoms with Gasteiger partial charge in [0.05, 0.1) is 22.6 Å². The van der Waals surface area contributed by atoms with E-state index in [1.807, 2.05) is 22.9 Å². The Morgan fingerprint density at radius 1 is 1.15 bits per heavy atom. The van der Waals surface area contributed by atoms with E-state index in [1.54, 1.807) is 0 Å². The highest BCUT2D eigenvalue weighted by Crippen LogP contribution is 2.38. The Bertz CT molecular complexity index is 794. The van der Waals surface area contributed by atoms with Crippen molar-refractivity contribution < 1.29 is 4.79 Å². The molecule has 1 atom stereocenters. The maximum absolute atomic E-state index is 13.0. The summed E-state index contributed by atoms with van der Waals surface area (Å²) in [6.07, 6.45) is 3.50. The highest BCUT2D eigenvalue weighted by molar-refractivity contribution is 6.00. The summed E-state index contributed by atoms with van der Waals surface area (Å²) in [5.41, 5.74) is 4.30. The van der Waals surface area contributed by atoms with Crippen LogP contribution in [-0.2, 0) is 12.8 Å². The minimum atomic E-state index is -0.00899. The molecule has 140 valence electrons. The molecule has 1 aromatic carbocycles. The zero-order chi connectivity index (χ0) is 19.1. The molecule has 3 heteroatoms. The second-order valence-corrected chi connectivity index (χ2v) is 10.0. The number of para-hydroxylation sites is 1. The fraction of sp³-hybridized carbons (Fsp3) is 0.565. The lowest BCUT2D eigenvalue weighted by atomic mass is 9.75. The van der Waals surface area contributed by atoms with Gasteiger partial charge in [0.15, 0.2) is 5.78 Å². The average molecular weight is 353 g/mol. The maximum atomic E-state index is 13.0. The van der Waals surface area contributed by atoms with Gasteiger partial charge in [-0.25, -0.2) is 4.68 Å². The van der Waals surface area contributed by atoms with Gasteiger partial charge < -0.3 is 0 Å². The predicted octanol–water partition coefficient (Wildman–Crippen LogP) is 5.64. The molecule has 0 fully saturated rings. The molecular formula is C23H32N2O. The molecule has 1 aliphatic carbocycles. The molecule has 3 nitrogen and oxygen atoms in total. The van der Waals surface area contributed by atoms with Crippen LogP contribution in [0.25, 0.3) is 5.69 Å². The molecule has 1 aliphatic rings. The smallest absolute Gasteiger partial charge is 0.167 e.